The maximum absolute atomic E-state index is 14.9. The number of phosphoric acid groups is 1. The van der Waals surface area contributed by atoms with Crippen molar-refractivity contribution in [3.05, 3.63) is 22.7 Å². The first-order valence-corrected chi connectivity index (χ1v) is 11.2. The van der Waals surface area contributed by atoms with E-state index < -0.39 is 44.5 Å². The minimum atomic E-state index is -4.15. The molecule has 3 rings (SSSR count). The molecule has 0 radical (unpaired) electrons. The summed E-state index contributed by atoms with van der Waals surface area (Å²) < 4.78 is 63.6. The summed E-state index contributed by atoms with van der Waals surface area (Å²) in [6.45, 7) is 1.80. The average Bonchev–Trinajstić information content (AvgIpc) is 2.91. The lowest BCUT2D eigenvalue weighted by Crippen LogP contribution is -2.45. The molecule has 9 nitrogen and oxygen atoms in total. The molecule has 0 saturated carbocycles. The quantitative estimate of drug-likeness (QED) is 0.462. The van der Waals surface area contributed by atoms with E-state index in [1.807, 2.05) is 0 Å². The Labute approximate surface area is 167 Å². The number of anilines is 1. The topological polar surface area (TPSA) is 115 Å². The van der Waals surface area contributed by atoms with Gasteiger partial charge in [-0.15, -0.1) is 0 Å². The van der Waals surface area contributed by atoms with Crippen LogP contribution in [-0.2, 0) is 22.9 Å². The van der Waals surface area contributed by atoms with E-state index in [-0.39, 0.29) is 12.4 Å². The Hall–Kier alpha value is -1.39. The van der Waals surface area contributed by atoms with E-state index in [9.17, 15) is 18.1 Å². The zero-order valence-electron chi connectivity index (χ0n) is 16.2. The second-order valence-corrected chi connectivity index (χ2v) is 8.74. The van der Waals surface area contributed by atoms with Crippen LogP contribution >= 0.6 is 7.82 Å². The molecule has 1 unspecified atom stereocenters. The van der Waals surface area contributed by atoms with Gasteiger partial charge in [0.1, 0.15) is 11.9 Å². The largest absolute Gasteiger partial charge is 0.475 e. The van der Waals surface area contributed by atoms with Gasteiger partial charge in [-0.3, -0.25) is 18.1 Å². The van der Waals surface area contributed by atoms with Gasteiger partial charge >= 0.3 is 19.4 Å². The number of ether oxygens (including phenoxy) is 1. The molecule has 2 aliphatic heterocycles. The summed E-state index contributed by atoms with van der Waals surface area (Å²) in [5.41, 5.74) is 4.40. The molecule has 4 atom stereocenters. The molecule has 2 fully saturated rings. The number of nitrogen functional groups attached to an aromatic ring is 1. The normalized spacial score (nSPS) is 30.9. The molecule has 0 bridgehead atoms. The Balaban J connectivity index is 1.60. The van der Waals surface area contributed by atoms with Crippen LogP contribution < -0.4 is 11.4 Å². The van der Waals surface area contributed by atoms with E-state index in [0.717, 1.165) is 38.3 Å². The lowest BCUT2D eigenvalue weighted by Gasteiger charge is -2.31. The third kappa shape index (κ3) is 5.03. The number of hydrogen-bond acceptors (Lipinski definition) is 8. The van der Waals surface area contributed by atoms with Crippen LogP contribution in [0, 0.1) is 0 Å². The molecule has 0 aliphatic carbocycles. The summed E-state index contributed by atoms with van der Waals surface area (Å²) in [5, 5.41) is 0. The van der Waals surface area contributed by atoms with Gasteiger partial charge in [-0.05, 0) is 12.5 Å². The number of fused-ring (bicyclic) bond motifs is 1. The summed E-state index contributed by atoms with van der Waals surface area (Å²) >= 11 is 0. The fourth-order valence-electron chi connectivity index (χ4n) is 3.30. The van der Waals surface area contributed by atoms with Crippen molar-refractivity contribution in [1.29, 1.82) is 0 Å². The lowest BCUT2D eigenvalue weighted by atomic mass is 10.1. The van der Waals surface area contributed by atoms with Crippen LogP contribution in [0.25, 0.3) is 0 Å². The summed E-state index contributed by atoms with van der Waals surface area (Å²) in [5.74, 6) is -3.76. The smallest absolute Gasteiger partial charge is 0.383 e. The number of alkyl halides is 2. The second-order valence-electron chi connectivity index (χ2n) is 7.11. The number of halogens is 2. The summed E-state index contributed by atoms with van der Waals surface area (Å²) in [4.78, 5) is 15.3. The Morgan fingerprint density at radius 3 is 2.79 bits per heavy atom. The molecule has 29 heavy (non-hydrogen) atoms. The summed E-state index contributed by atoms with van der Waals surface area (Å²) in [6, 6.07) is 1.20. The van der Waals surface area contributed by atoms with Crippen molar-refractivity contribution >= 4 is 13.6 Å². The number of nitrogens with zero attached hydrogens (tertiary/aromatic N) is 2. The molecule has 1 aromatic heterocycles. The maximum atomic E-state index is 14.9. The van der Waals surface area contributed by atoms with Crippen LogP contribution in [-0.4, -0.2) is 40.9 Å². The van der Waals surface area contributed by atoms with E-state index in [1.165, 1.54) is 6.07 Å². The maximum Gasteiger partial charge on any atom is 0.475 e. The predicted molar refractivity (Wildman–Crippen MR) is 99.5 cm³/mol. The van der Waals surface area contributed by atoms with Crippen molar-refractivity contribution in [3.63, 3.8) is 0 Å². The highest BCUT2D eigenvalue weighted by atomic mass is 31.2. The first kappa shape index (κ1) is 22.3. The predicted octanol–water partition coefficient (Wildman–Crippen LogP) is 3.26. The molecular weight excluding hydrogens is 411 g/mol. The monoisotopic (exact) mass is 437 g/mol. The number of hydrogen-bond donors (Lipinski definition) is 1. The molecule has 2 saturated heterocycles. The Kier molecular flexibility index (Phi) is 7.06. The molecule has 12 heteroatoms. The van der Waals surface area contributed by atoms with Gasteiger partial charge in [-0.2, -0.15) is 13.8 Å². The molecule has 1 aromatic rings. The van der Waals surface area contributed by atoms with Crippen molar-refractivity contribution in [1.82, 2.24) is 9.55 Å². The Bertz CT molecular complexity index is 808. The highest BCUT2D eigenvalue weighted by molar-refractivity contribution is 7.48. The van der Waals surface area contributed by atoms with Crippen LogP contribution in [0.5, 0.6) is 0 Å². The van der Waals surface area contributed by atoms with Gasteiger partial charge in [-0.1, -0.05) is 39.0 Å². The number of nitrogens with two attached hydrogens (primary N) is 1. The van der Waals surface area contributed by atoms with Gasteiger partial charge < -0.3 is 10.5 Å². The van der Waals surface area contributed by atoms with Gasteiger partial charge in [0, 0.05) is 6.20 Å². The molecule has 0 aromatic carbocycles. The summed E-state index contributed by atoms with van der Waals surface area (Å²) in [7, 11) is -4.15. The van der Waals surface area contributed by atoms with Crippen molar-refractivity contribution in [2.24, 2.45) is 0 Å². The van der Waals surface area contributed by atoms with Gasteiger partial charge in [0.2, 0.25) is 6.23 Å². The number of unbranched alkanes of at least 4 members (excludes halogenated alkanes) is 5. The van der Waals surface area contributed by atoms with Crippen molar-refractivity contribution in [2.75, 3.05) is 18.9 Å². The average molecular weight is 437 g/mol. The molecule has 0 spiro atoms. The zero-order valence-corrected chi connectivity index (χ0v) is 17.1. The lowest BCUT2D eigenvalue weighted by molar-refractivity contribution is -0.138. The van der Waals surface area contributed by atoms with Gasteiger partial charge in [-0.25, -0.2) is 9.36 Å². The van der Waals surface area contributed by atoms with Gasteiger partial charge in [0.15, 0.2) is 6.10 Å². The molecule has 3 heterocycles. The first-order chi connectivity index (χ1) is 13.8. The van der Waals surface area contributed by atoms with Gasteiger partial charge in [0.05, 0.1) is 13.2 Å². The molecule has 2 N–H and O–H groups in total. The zero-order chi connectivity index (χ0) is 21.1. The van der Waals surface area contributed by atoms with E-state index in [1.54, 1.807) is 0 Å². The molecular formula is C17H26F2N3O6P. The van der Waals surface area contributed by atoms with Gasteiger partial charge in [0.25, 0.3) is 0 Å². The highest BCUT2D eigenvalue weighted by Crippen LogP contribution is 2.59. The second kappa shape index (κ2) is 9.18. The molecule has 164 valence electrons. The summed E-state index contributed by atoms with van der Waals surface area (Å²) in [6.07, 6.45) is 1.91. The van der Waals surface area contributed by atoms with E-state index >= 15 is 0 Å². The number of aromatic nitrogens is 2. The third-order valence-electron chi connectivity index (χ3n) is 4.84. The SMILES string of the molecule is CCCCCCCCOP1(=O)OC[C@H]2O[C@@H](n3ccc(N)nc3=O)C(F)(F)[C@@H]2O1. The highest BCUT2D eigenvalue weighted by Gasteiger charge is 2.65. The third-order valence-corrected chi connectivity index (χ3v) is 6.29. The minimum absolute atomic E-state index is 0.0813. The van der Waals surface area contributed by atoms with Crippen molar-refractivity contribution in [2.45, 2.75) is 69.8 Å². The minimum Gasteiger partial charge on any atom is -0.383 e. The van der Waals surface area contributed by atoms with Crippen LogP contribution in [0.15, 0.2) is 17.1 Å². The first-order valence-electron chi connectivity index (χ1n) is 9.72. The van der Waals surface area contributed by atoms with Crippen molar-refractivity contribution in [3.8, 4) is 0 Å². The van der Waals surface area contributed by atoms with Crippen LogP contribution in [0.2, 0.25) is 0 Å². The molecule has 2 aliphatic rings. The standard InChI is InChI=1S/C17H26F2N3O6P/c1-2-3-4-5-6-7-10-25-29(24)26-11-12-14(28-29)17(18,19)15(27-12)22-9-8-13(20)21-16(22)23/h8-9,12,14-15H,2-7,10-11H2,1H3,(H2,20,21,23)/t12-,14-,15-,29?/m1/s1. The van der Waals surface area contributed by atoms with E-state index in [0.29, 0.717) is 11.0 Å². The van der Waals surface area contributed by atoms with Crippen molar-refractivity contribution < 1.29 is 31.7 Å². The fourth-order valence-corrected chi connectivity index (χ4v) is 4.73. The number of phosphoric ester groups is 1. The number of rotatable bonds is 9. The van der Waals surface area contributed by atoms with Crippen LogP contribution in [0.3, 0.4) is 0 Å². The van der Waals surface area contributed by atoms with Crippen LogP contribution in [0.4, 0.5) is 14.6 Å². The Morgan fingerprint density at radius 1 is 1.34 bits per heavy atom. The van der Waals surface area contributed by atoms with E-state index in [4.69, 9.17) is 24.0 Å². The molecule has 0 amide bonds. The van der Waals surface area contributed by atoms with E-state index in [2.05, 4.69) is 11.9 Å². The van der Waals surface area contributed by atoms with Crippen LogP contribution in [0.1, 0.15) is 51.7 Å². The Morgan fingerprint density at radius 2 is 2.07 bits per heavy atom. The fraction of sp³-hybridized carbons (Fsp3) is 0.765.